The van der Waals surface area contributed by atoms with Crippen molar-refractivity contribution in [2.45, 2.75) is 43.2 Å². The van der Waals surface area contributed by atoms with E-state index in [1.165, 1.54) is 24.0 Å². The first-order valence-corrected chi connectivity index (χ1v) is 11.0. The second-order valence-electron chi connectivity index (χ2n) is 7.60. The lowest BCUT2D eigenvalue weighted by atomic mass is 10.1. The number of benzene rings is 1. The van der Waals surface area contributed by atoms with Crippen LogP contribution in [0.1, 0.15) is 48.5 Å². The summed E-state index contributed by atoms with van der Waals surface area (Å²) in [5, 5.41) is 5.24. The van der Waals surface area contributed by atoms with Gasteiger partial charge in [0.15, 0.2) is 0 Å². The van der Waals surface area contributed by atoms with E-state index in [1.54, 1.807) is 11.9 Å². The lowest BCUT2D eigenvalue weighted by Gasteiger charge is -2.12. The van der Waals surface area contributed by atoms with Crippen molar-refractivity contribution in [1.29, 1.82) is 0 Å². The molecule has 0 radical (unpaired) electrons. The third-order valence-electron chi connectivity index (χ3n) is 5.23. The number of nitrogens with zero attached hydrogens (tertiary/aromatic N) is 4. The third kappa shape index (κ3) is 4.34. The first-order chi connectivity index (χ1) is 14.1. The van der Waals surface area contributed by atoms with Crippen LogP contribution < -0.4 is 4.72 Å². The van der Waals surface area contributed by atoms with Gasteiger partial charge in [-0.2, -0.15) is 5.10 Å². The molecule has 148 valence electrons. The minimum Gasteiger partial charge on any atom is -0.306 e. The van der Waals surface area contributed by atoms with E-state index >= 15 is 0 Å². The summed E-state index contributed by atoms with van der Waals surface area (Å²) >= 11 is 7.55. The smallest absolute Gasteiger partial charge is 0.137 e. The number of rotatable bonds is 7. The molecule has 7 heteroatoms. The summed E-state index contributed by atoms with van der Waals surface area (Å²) in [7, 11) is 0. The van der Waals surface area contributed by atoms with Gasteiger partial charge in [-0.25, -0.2) is 4.98 Å². The number of hydrogen-bond donors (Lipinski definition) is 1. The Bertz CT molecular complexity index is 1130. The summed E-state index contributed by atoms with van der Waals surface area (Å²) in [6, 6.07) is 12.5. The van der Waals surface area contributed by atoms with E-state index in [4.69, 9.17) is 16.6 Å². The molecule has 1 atom stereocenters. The van der Waals surface area contributed by atoms with Crippen LogP contribution in [0, 0.1) is 0 Å². The van der Waals surface area contributed by atoms with Crippen molar-refractivity contribution in [1.82, 2.24) is 23.9 Å². The lowest BCUT2D eigenvalue weighted by Crippen LogP contribution is -2.09. The maximum absolute atomic E-state index is 5.97. The molecule has 1 unspecified atom stereocenters. The summed E-state index contributed by atoms with van der Waals surface area (Å²) < 4.78 is 7.52. The number of halogens is 1. The summed E-state index contributed by atoms with van der Waals surface area (Å²) in [6.07, 6.45) is 10.9. The van der Waals surface area contributed by atoms with Gasteiger partial charge in [-0.05, 0) is 67.0 Å². The van der Waals surface area contributed by atoms with Crippen LogP contribution in [-0.2, 0) is 6.54 Å². The predicted octanol–water partition coefficient (Wildman–Crippen LogP) is 5.47. The monoisotopic (exact) mass is 423 g/mol. The fourth-order valence-corrected chi connectivity index (χ4v) is 4.27. The highest BCUT2D eigenvalue weighted by Crippen LogP contribution is 2.39. The van der Waals surface area contributed by atoms with Crippen LogP contribution in [0.15, 0.2) is 66.1 Å². The largest absolute Gasteiger partial charge is 0.306 e. The molecule has 0 saturated heterocycles. The Kier molecular flexibility index (Phi) is 5.08. The van der Waals surface area contributed by atoms with Crippen molar-refractivity contribution in [3.05, 3.63) is 83.0 Å². The van der Waals surface area contributed by atoms with Gasteiger partial charge in [0, 0.05) is 29.7 Å². The molecule has 3 heterocycles. The minimum absolute atomic E-state index is 0.208. The van der Waals surface area contributed by atoms with Crippen LogP contribution in [0.2, 0.25) is 5.02 Å². The fourth-order valence-electron chi connectivity index (χ4n) is 3.42. The van der Waals surface area contributed by atoms with Crippen molar-refractivity contribution in [2.24, 2.45) is 0 Å². The van der Waals surface area contributed by atoms with Gasteiger partial charge < -0.3 is 4.40 Å². The molecule has 1 fully saturated rings. The first-order valence-electron chi connectivity index (χ1n) is 9.82. The molecular formula is C22H22ClN5S. The molecule has 1 N–H and O–H groups in total. The topological polar surface area (TPSA) is 47.2 Å². The number of fused-ring (bicyclic) bond motifs is 1. The van der Waals surface area contributed by atoms with E-state index in [0.29, 0.717) is 6.54 Å². The van der Waals surface area contributed by atoms with Crippen LogP contribution in [0.25, 0.3) is 5.65 Å². The molecule has 0 bridgehead atoms. The van der Waals surface area contributed by atoms with E-state index < -0.39 is 0 Å². The van der Waals surface area contributed by atoms with Gasteiger partial charge in [0.05, 0.1) is 23.3 Å². The second kappa shape index (κ2) is 7.86. The van der Waals surface area contributed by atoms with Crippen LogP contribution in [-0.4, -0.2) is 19.2 Å². The second-order valence-corrected chi connectivity index (χ2v) is 8.95. The van der Waals surface area contributed by atoms with E-state index in [1.807, 2.05) is 41.3 Å². The zero-order valence-electron chi connectivity index (χ0n) is 16.1. The van der Waals surface area contributed by atoms with Crippen LogP contribution >= 0.6 is 23.5 Å². The van der Waals surface area contributed by atoms with E-state index in [9.17, 15) is 0 Å². The molecule has 1 aliphatic rings. The molecule has 1 saturated carbocycles. The average Bonchev–Trinajstić information content (AvgIpc) is 3.35. The summed E-state index contributed by atoms with van der Waals surface area (Å²) in [6.45, 7) is 2.79. The minimum atomic E-state index is 0.208. The summed E-state index contributed by atoms with van der Waals surface area (Å²) in [4.78, 5) is 5.80. The Morgan fingerprint density at radius 3 is 2.76 bits per heavy atom. The van der Waals surface area contributed by atoms with Crippen molar-refractivity contribution < 1.29 is 0 Å². The van der Waals surface area contributed by atoms with Gasteiger partial charge in [0.1, 0.15) is 5.65 Å². The van der Waals surface area contributed by atoms with Gasteiger partial charge in [0.25, 0.3) is 0 Å². The molecule has 4 aromatic rings. The molecule has 5 nitrogen and oxygen atoms in total. The number of nitrogens with one attached hydrogen (secondary N) is 1. The van der Waals surface area contributed by atoms with Gasteiger partial charge in [-0.15, -0.1) is 0 Å². The SMILES string of the molecule is CC(NSc1cnn(Cc2cn3cc(C4CC4)ccc3n2)c1)c1ccc(Cl)cc1. The van der Waals surface area contributed by atoms with Crippen LogP contribution in [0.5, 0.6) is 0 Å². The van der Waals surface area contributed by atoms with E-state index in [0.717, 1.165) is 27.2 Å². The molecule has 0 amide bonds. The lowest BCUT2D eigenvalue weighted by molar-refractivity contribution is 0.674. The fraction of sp³-hybridized carbons (Fsp3) is 0.273. The Hall–Kier alpha value is -2.28. The molecule has 1 aromatic carbocycles. The molecule has 5 rings (SSSR count). The Balaban J connectivity index is 1.22. The molecular weight excluding hydrogens is 402 g/mol. The van der Waals surface area contributed by atoms with Gasteiger partial charge in [0.2, 0.25) is 0 Å². The van der Waals surface area contributed by atoms with Gasteiger partial charge >= 0.3 is 0 Å². The number of pyridine rings is 1. The standard InChI is InChI=1S/C22H22ClN5S/c1-15(16-4-7-19(23)8-5-16)26-29-21-10-24-28(14-21)13-20-12-27-11-18(17-2-3-17)6-9-22(27)25-20/h4-12,14-15,17,26H,2-3,13H2,1H3. The van der Waals surface area contributed by atoms with Crippen molar-refractivity contribution in [2.75, 3.05) is 0 Å². The molecule has 3 aromatic heterocycles. The Morgan fingerprint density at radius 1 is 1.14 bits per heavy atom. The zero-order valence-corrected chi connectivity index (χ0v) is 17.7. The average molecular weight is 424 g/mol. The third-order valence-corrected chi connectivity index (χ3v) is 6.40. The first kappa shape index (κ1) is 18.7. The maximum atomic E-state index is 5.97. The number of aromatic nitrogens is 4. The number of hydrogen-bond acceptors (Lipinski definition) is 4. The van der Waals surface area contributed by atoms with Crippen molar-refractivity contribution in [3.63, 3.8) is 0 Å². The highest BCUT2D eigenvalue weighted by Gasteiger charge is 2.23. The molecule has 0 spiro atoms. The highest BCUT2D eigenvalue weighted by molar-refractivity contribution is 7.97. The highest BCUT2D eigenvalue weighted by atomic mass is 35.5. The van der Waals surface area contributed by atoms with E-state index in [-0.39, 0.29) is 6.04 Å². The Morgan fingerprint density at radius 2 is 1.97 bits per heavy atom. The van der Waals surface area contributed by atoms with Crippen LogP contribution in [0.4, 0.5) is 0 Å². The van der Waals surface area contributed by atoms with E-state index in [2.05, 4.69) is 45.7 Å². The normalized spacial score (nSPS) is 15.1. The predicted molar refractivity (Wildman–Crippen MR) is 117 cm³/mol. The summed E-state index contributed by atoms with van der Waals surface area (Å²) in [5.74, 6) is 0.749. The maximum Gasteiger partial charge on any atom is 0.137 e. The van der Waals surface area contributed by atoms with Gasteiger partial charge in [-0.1, -0.05) is 29.8 Å². The molecule has 0 aliphatic heterocycles. The van der Waals surface area contributed by atoms with Crippen molar-refractivity contribution >= 4 is 29.2 Å². The quantitative estimate of drug-likeness (QED) is 0.400. The summed E-state index contributed by atoms with van der Waals surface area (Å²) in [5.41, 5.74) is 4.62. The van der Waals surface area contributed by atoms with Crippen molar-refractivity contribution in [3.8, 4) is 0 Å². The van der Waals surface area contributed by atoms with Gasteiger partial charge in [-0.3, -0.25) is 9.40 Å². The number of imidazole rings is 1. The molecule has 1 aliphatic carbocycles. The van der Waals surface area contributed by atoms with Crippen LogP contribution in [0.3, 0.4) is 0 Å². The molecule has 29 heavy (non-hydrogen) atoms. The zero-order chi connectivity index (χ0) is 19.8. The Labute approximate surface area is 179 Å².